The number of rotatable bonds is 7. The normalized spacial score (nSPS) is 10.5. The number of carbonyl (C=O) groups is 1. The molecule has 0 saturated heterocycles. The summed E-state index contributed by atoms with van der Waals surface area (Å²) in [5.41, 5.74) is 2.50. The third-order valence-electron chi connectivity index (χ3n) is 4.02. The third-order valence-corrected chi connectivity index (χ3v) is 4.02. The van der Waals surface area contributed by atoms with Crippen LogP contribution in [0.1, 0.15) is 22.6 Å². The van der Waals surface area contributed by atoms with Crippen LogP contribution in [0.5, 0.6) is 0 Å². The molecular formula is C19H22N6O. The first-order chi connectivity index (χ1) is 12.6. The van der Waals surface area contributed by atoms with Gasteiger partial charge in [-0.3, -0.25) is 14.5 Å². The Morgan fingerprint density at radius 3 is 2.62 bits per heavy atom. The highest BCUT2D eigenvalue weighted by Crippen LogP contribution is 2.16. The summed E-state index contributed by atoms with van der Waals surface area (Å²) in [7, 11) is 1.86. The number of anilines is 1. The molecule has 3 rings (SSSR count). The molecule has 3 aromatic rings. The number of hydrogen-bond acceptors (Lipinski definition) is 5. The summed E-state index contributed by atoms with van der Waals surface area (Å²) in [6, 6.07) is 11.2. The zero-order valence-corrected chi connectivity index (χ0v) is 14.9. The molecule has 7 nitrogen and oxygen atoms in total. The predicted octanol–water partition coefficient (Wildman–Crippen LogP) is 2.42. The first-order valence-electron chi connectivity index (χ1n) is 8.53. The number of aryl methyl sites for hydroxylation is 2. The summed E-state index contributed by atoms with van der Waals surface area (Å²) in [6.07, 6.45) is 4.34. The minimum atomic E-state index is -0.0805. The second-order valence-corrected chi connectivity index (χ2v) is 5.96. The van der Waals surface area contributed by atoms with Crippen molar-refractivity contribution in [2.24, 2.45) is 7.05 Å². The van der Waals surface area contributed by atoms with E-state index in [1.54, 1.807) is 29.2 Å². The molecule has 2 heterocycles. The van der Waals surface area contributed by atoms with Crippen molar-refractivity contribution >= 4 is 11.6 Å². The molecule has 1 amide bonds. The Balaban J connectivity index is 1.46. The van der Waals surface area contributed by atoms with E-state index >= 15 is 0 Å². The standard InChI is InChI=1S/C19H22N6O/c1-14-23-18(24-25(14)2)15-6-8-16(9-7-15)19(26)22-12-4-11-21-17-5-3-10-20-13-17/h3,5-10,13,21H,4,11-12H2,1-2H3,(H,22,26). The summed E-state index contributed by atoms with van der Waals surface area (Å²) in [5.74, 6) is 1.43. The van der Waals surface area contributed by atoms with Crippen LogP contribution in [0, 0.1) is 6.92 Å². The van der Waals surface area contributed by atoms with Crippen molar-refractivity contribution in [3.8, 4) is 11.4 Å². The Labute approximate surface area is 152 Å². The number of nitrogens with zero attached hydrogens (tertiary/aromatic N) is 4. The highest BCUT2D eigenvalue weighted by atomic mass is 16.1. The second-order valence-electron chi connectivity index (χ2n) is 5.96. The SMILES string of the molecule is Cc1nc(-c2ccc(C(=O)NCCCNc3cccnc3)cc2)nn1C. The molecule has 0 atom stereocenters. The molecular weight excluding hydrogens is 328 g/mol. The van der Waals surface area contributed by atoms with Gasteiger partial charge in [-0.25, -0.2) is 4.98 Å². The molecule has 0 aliphatic carbocycles. The van der Waals surface area contributed by atoms with E-state index in [9.17, 15) is 4.79 Å². The van der Waals surface area contributed by atoms with Gasteiger partial charge in [0, 0.05) is 43.7 Å². The molecule has 1 aromatic carbocycles. The fourth-order valence-corrected chi connectivity index (χ4v) is 2.45. The van der Waals surface area contributed by atoms with Gasteiger partial charge in [0.25, 0.3) is 5.91 Å². The van der Waals surface area contributed by atoms with E-state index < -0.39 is 0 Å². The van der Waals surface area contributed by atoms with Gasteiger partial charge in [-0.2, -0.15) is 5.10 Å². The molecule has 0 aliphatic heterocycles. The summed E-state index contributed by atoms with van der Waals surface area (Å²) in [6.45, 7) is 3.28. The molecule has 0 saturated carbocycles. The predicted molar refractivity (Wildman–Crippen MR) is 101 cm³/mol. The van der Waals surface area contributed by atoms with E-state index in [0.29, 0.717) is 17.9 Å². The fraction of sp³-hybridized carbons (Fsp3) is 0.263. The van der Waals surface area contributed by atoms with Gasteiger partial charge >= 0.3 is 0 Å². The van der Waals surface area contributed by atoms with Crippen molar-refractivity contribution in [3.05, 3.63) is 60.2 Å². The lowest BCUT2D eigenvalue weighted by Gasteiger charge is -2.07. The zero-order chi connectivity index (χ0) is 18.4. The number of pyridine rings is 1. The molecule has 2 aromatic heterocycles. The van der Waals surface area contributed by atoms with Crippen LogP contribution < -0.4 is 10.6 Å². The lowest BCUT2D eigenvalue weighted by atomic mass is 10.1. The Kier molecular flexibility index (Phi) is 5.58. The van der Waals surface area contributed by atoms with E-state index in [4.69, 9.17) is 0 Å². The lowest BCUT2D eigenvalue weighted by molar-refractivity contribution is 0.0953. The first-order valence-corrected chi connectivity index (χ1v) is 8.53. The maximum Gasteiger partial charge on any atom is 0.251 e. The zero-order valence-electron chi connectivity index (χ0n) is 14.9. The van der Waals surface area contributed by atoms with E-state index in [2.05, 4.69) is 25.7 Å². The Bertz CT molecular complexity index is 838. The summed E-state index contributed by atoms with van der Waals surface area (Å²) >= 11 is 0. The first kappa shape index (κ1) is 17.6. The van der Waals surface area contributed by atoms with Crippen LogP contribution in [0.3, 0.4) is 0 Å². The number of benzene rings is 1. The number of nitrogens with one attached hydrogen (secondary N) is 2. The lowest BCUT2D eigenvalue weighted by Crippen LogP contribution is -2.25. The molecule has 0 unspecified atom stereocenters. The van der Waals surface area contributed by atoms with Crippen LogP contribution >= 0.6 is 0 Å². The summed E-state index contributed by atoms with van der Waals surface area (Å²) < 4.78 is 1.73. The summed E-state index contributed by atoms with van der Waals surface area (Å²) in [5, 5.41) is 10.5. The van der Waals surface area contributed by atoms with Crippen molar-refractivity contribution in [3.63, 3.8) is 0 Å². The molecule has 0 aliphatic rings. The maximum atomic E-state index is 12.2. The van der Waals surface area contributed by atoms with Crippen molar-refractivity contribution < 1.29 is 4.79 Å². The molecule has 0 fully saturated rings. The van der Waals surface area contributed by atoms with Gasteiger partial charge in [0.2, 0.25) is 0 Å². The minimum absolute atomic E-state index is 0.0805. The van der Waals surface area contributed by atoms with E-state index in [1.165, 1.54) is 0 Å². The number of carbonyl (C=O) groups excluding carboxylic acids is 1. The number of aromatic nitrogens is 4. The fourth-order valence-electron chi connectivity index (χ4n) is 2.45. The molecule has 134 valence electrons. The van der Waals surface area contributed by atoms with Gasteiger partial charge in [0.15, 0.2) is 5.82 Å². The maximum absolute atomic E-state index is 12.2. The average Bonchev–Trinajstić information content (AvgIpc) is 3.01. The highest BCUT2D eigenvalue weighted by molar-refractivity contribution is 5.94. The quantitative estimate of drug-likeness (QED) is 0.639. The Hall–Kier alpha value is -3.22. The highest BCUT2D eigenvalue weighted by Gasteiger charge is 2.08. The largest absolute Gasteiger partial charge is 0.384 e. The molecule has 0 spiro atoms. The van der Waals surface area contributed by atoms with Crippen molar-refractivity contribution in [2.45, 2.75) is 13.3 Å². The van der Waals surface area contributed by atoms with Crippen molar-refractivity contribution in [2.75, 3.05) is 18.4 Å². The van der Waals surface area contributed by atoms with E-state index in [1.807, 2.05) is 38.2 Å². The van der Waals surface area contributed by atoms with Crippen LogP contribution in [0.25, 0.3) is 11.4 Å². The number of hydrogen-bond donors (Lipinski definition) is 2. The van der Waals surface area contributed by atoms with Gasteiger partial charge in [0.1, 0.15) is 5.82 Å². The van der Waals surface area contributed by atoms with Gasteiger partial charge in [-0.05, 0) is 37.6 Å². The van der Waals surface area contributed by atoms with Crippen molar-refractivity contribution in [1.82, 2.24) is 25.1 Å². The monoisotopic (exact) mass is 350 g/mol. The number of amides is 1. The molecule has 0 radical (unpaired) electrons. The van der Waals surface area contributed by atoms with Crippen LogP contribution in [0.4, 0.5) is 5.69 Å². The minimum Gasteiger partial charge on any atom is -0.384 e. The van der Waals surface area contributed by atoms with E-state index in [-0.39, 0.29) is 5.91 Å². The molecule has 7 heteroatoms. The van der Waals surface area contributed by atoms with Gasteiger partial charge in [-0.1, -0.05) is 12.1 Å². The molecule has 26 heavy (non-hydrogen) atoms. The molecule has 0 bridgehead atoms. The van der Waals surface area contributed by atoms with Gasteiger partial charge in [-0.15, -0.1) is 0 Å². The summed E-state index contributed by atoms with van der Waals surface area (Å²) in [4.78, 5) is 20.6. The van der Waals surface area contributed by atoms with Crippen LogP contribution in [-0.4, -0.2) is 38.7 Å². The van der Waals surface area contributed by atoms with E-state index in [0.717, 1.165) is 30.0 Å². The molecule has 2 N–H and O–H groups in total. The Morgan fingerprint density at radius 2 is 1.96 bits per heavy atom. The second kappa shape index (κ2) is 8.24. The Morgan fingerprint density at radius 1 is 1.15 bits per heavy atom. The smallest absolute Gasteiger partial charge is 0.251 e. The van der Waals surface area contributed by atoms with Gasteiger partial charge < -0.3 is 10.6 Å². The van der Waals surface area contributed by atoms with Crippen LogP contribution in [0.15, 0.2) is 48.8 Å². The van der Waals surface area contributed by atoms with Gasteiger partial charge in [0.05, 0.1) is 5.69 Å². The van der Waals surface area contributed by atoms with Crippen LogP contribution in [-0.2, 0) is 7.05 Å². The topological polar surface area (TPSA) is 84.7 Å². The van der Waals surface area contributed by atoms with Crippen LogP contribution in [0.2, 0.25) is 0 Å². The van der Waals surface area contributed by atoms with Crippen molar-refractivity contribution in [1.29, 1.82) is 0 Å². The average molecular weight is 350 g/mol. The third kappa shape index (κ3) is 4.44.